The quantitative estimate of drug-likeness (QED) is 0.517. The smallest absolute Gasteiger partial charge is 0.305 e. The Bertz CT molecular complexity index is 102. The molecule has 0 aliphatic heterocycles. The van der Waals surface area contributed by atoms with Crippen LogP contribution in [-0.4, -0.2) is 36.0 Å². The summed E-state index contributed by atoms with van der Waals surface area (Å²) in [5.74, 6) is -0.368. The van der Waals surface area contributed by atoms with E-state index in [0.29, 0.717) is 0 Å². The molecule has 0 heterocycles. The molecule has 2 N–H and O–H groups in total. The van der Waals surface area contributed by atoms with Gasteiger partial charge in [0.05, 0.1) is 19.8 Å². The van der Waals surface area contributed by atoms with E-state index in [-0.39, 0.29) is 25.4 Å². The molecule has 0 aromatic heterocycles. The molecule has 60 valence electrons. The van der Waals surface area contributed by atoms with Crippen molar-refractivity contribution < 1.29 is 19.7 Å². The fourth-order valence-corrected chi connectivity index (χ4v) is 0.478. The highest BCUT2D eigenvalue weighted by atomic mass is 16.5. The van der Waals surface area contributed by atoms with Gasteiger partial charge in [-0.05, 0) is 6.42 Å². The van der Waals surface area contributed by atoms with Crippen LogP contribution in [0.3, 0.4) is 0 Å². The summed E-state index contributed by atoms with van der Waals surface area (Å²) in [5.41, 5.74) is 0. The summed E-state index contributed by atoms with van der Waals surface area (Å²) in [7, 11) is 1.29. The average molecular weight is 148 g/mol. The van der Waals surface area contributed by atoms with Gasteiger partial charge in [-0.2, -0.15) is 0 Å². The molecular weight excluding hydrogens is 136 g/mol. The number of esters is 1. The number of carbonyl (C=O) groups excluding carboxylic acids is 1. The van der Waals surface area contributed by atoms with Crippen LogP contribution in [0.15, 0.2) is 0 Å². The number of ether oxygens (including phenoxy) is 1. The molecule has 0 radical (unpaired) electrons. The molecule has 4 heteroatoms. The average Bonchev–Trinajstić information content (AvgIpc) is 1.99. The maximum atomic E-state index is 10.4. The Balaban J connectivity index is 3.26. The molecule has 0 aliphatic rings. The number of carbonyl (C=O) groups is 1. The van der Waals surface area contributed by atoms with Crippen molar-refractivity contribution in [3.8, 4) is 0 Å². The molecule has 1 atom stereocenters. The zero-order chi connectivity index (χ0) is 7.98. The predicted molar refractivity (Wildman–Crippen MR) is 34.3 cm³/mol. The molecule has 0 bridgehead atoms. The maximum Gasteiger partial charge on any atom is 0.305 e. The third-order valence-electron chi connectivity index (χ3n) is 1.12. The minimum Gasteiger partial charge on any atom is -0.469 e. The lowest BCUT2D eigenvalue weighted by Crippen LogP contribution is -2.14. The van der Waals surface area contributed by atoms with Gasteiger partial charge in [0, 0.05) is 6.42 Å². The molecule has 10 heavy (non-hydrogen) atoms. The van der Waals surface area contributed by atoms with Crippen LogP contribution in [0.2, 0.25) is 0 Å². The fraction of sp³-hybridized carbons (Fsp3) is 0.833. The lowest BCUT2D eigenvalue weighted by Gasteiger charge is -2.03. The van der Waals surface area contributed by atoms with Crippen molar-refractivity contribution in [3.63, 3.8) is 0 Å². The van der Waals surface area contributed by atoms with Gasteiger partial charge in [0.2, 0.25) is 0 Å². The number of hydrogen-bond acceptors (Lipinski definition) is 4. The third-order valence-corrected chi connectivity index (χ3v) is 1.12. The Labute approximate surface area is 59.4 Å². The Kier molecular flexibility index (Phi) is 4.88. The van der Waals surface area contributed by atoms with E-state index in [0.717, 1.165) is 0 Å². The second-order valence-corrected chi connectivity index (χ2v) is 1.95. The highest BCUT2D eigenvalue weighted by molar-refractivity contribution is 5.69. The highest BCUT2D eigenvalue weighted by Gasteiger charge is 2.05. The summed E-state index contributed by atoms with van der Waals surface area (Å²) in [6, 6.07) is 0. The summed E-state index contributed by atoms with van der Waals surface area (Å²) in [6.45, 7) is -0.309. The monoisotopic (exact) mass is 148 g/mol. The Morgan fingerprint density at radius 3 is 2.70 bits per heavy atom. The van der Waals surface area contributed by atoms with Crippen LogP contribution < -0.4 is 0 Å². The van der Waals surface area contributed by atoms with Crippen LogP contribution >= 0.6 is 0 Å². The first-order valence-electron chi connectivity index (χ1n) is 3.06. The Hall–Kier alpha value is -0.610. The van der Waals surface area contributed by atoms with Crippen molar-refractivity contribution in [2.24, 2.45) is 0 Å². The first kappa shape index (κ1) is 9.39. The van der Waals surface area contributed by atoms with E-state index in [9.17, 15) is 4.79 Å². The third kappa shape index (κ3) is 4.29. The molecule has 0 rings (SSSR count). The lowest BCUT2D eigenvalue weighted by atomic mass is 10.2. The van der Waals surface area contributed by atoms with Gasteiger partial charge in [0.1, 0.15) is 0 Å². The Morgan fingerprint density at radius 2 is 2.30 bits per heavy atom. The van der Waals surface area contributed by atoms with Crippen molar-refractivity contribution in [3.05, 3.63) is 0 Å². The maximum absolute atomic E-state index is 10.4. The van der Waals surface area contributed by atoms with Crippen molar-refractivity contribution in [1.29, 1.82) is 0 Å². The van der Waals surface area contributed by atoms with Gasteiger partial charge in [-0.1, -0.05) is 0 Å². The molecule has 0 saturated carbocycles. The number of aliphatic hydroxyl groups is 2. The molecule has 0 aromatic carbocycles. The zero-order valence-corrected chi connectivity index (χ0v) is 5.91. The topological polar surface area (TPSA) is 66.8 Å². The lowest BCUT2D eigenvalue weighted by molar-refractivity contribution is -0.141. The minimum absolute atomic E-state index is 0.151. The number of hydrogen-bond donors (Lipinski definition) is 2. The van der Waals surface area contributed by atoms with E-state index in [1.807, 2.05) is 0 Å². The van der Waals surface area contributed by atoms with Crippen LogP contribution in [0, 0.1) is 0 Å². The molecule has 0 saturated heterocycles. The number of methoxy groups -OCH3 is 1. The second kappa shape index (κ2) is 5.20. The molecule has 0 amide bonds. The molecule has 4 nitrogen and oxygen atoms in total. The van der Waals surface area contributed by atoms with Gasteiger partial charge in [0.25, 0.3) is 0 Å². The molecule has 0 fully saturated rings. The first-order valence-corrected chi connectivity index (χ1v) is 3.06. The van der Waals surface area contributed by atoms with Crippen molar-refractivity contribution in [2.75, 3.05) is 13.7 Å². The van der Waals surface area contributed by atoms with Crippen LogP contribution in [0.4, 0.5) is 0 Å². The van der Waals surface area contributed by atoms with Gasteiger partial charge in [-0.3, -0.25) is 4.79 Å². The van der Waals surface area contributed by atoms with E-state index >= 15 is 0 Å². The van der Waals surface area contributed by atoms with Crippen molar-refractivity contribution >= 4 is 5.97 Å². The van der Waals surface area contributed by atoms with Gasteiger partial charge in [-0.25, -0.2) is 0 Å². The largest absolute Gasteiger partial charge is 0.469 e. The van der Waals surface area contributed by atoms with Crippen molar-refractivity contribution in [2.45, 2.75) is 18.9 Å². The minimum atomic E-state index is -0.806. The van der Waals surface area contributed by atoms with Crippen LogP contribution in [0.25, 0.3) is 0 Å². The predicted octanol–water partition coefficient (Wildman–Crippen LogP) is -0.707. The summed E-state index contributed by atoms with van der Waals surface area (Å²) < 4.78 is 4.31. The van der Waals surface area contributed by atoms with Crippen molar-refractivity contribution in [1.82, 2.24) is 0 Å². The molecule has 0 aromatic rings. The van der Waals surface area contributed by atoms with Gasteiger partial charge in [0.15, 0.2) is 0 Å². The van der Waals surface area contributed by atoms with Gasteiger partial charge in [-0.15, -0.1) is 0 Å². The normalized spacial score (nSPS) is 12.7. The molecule has 0 unspecified atom stereocenters. The second-order valence-electron chi connectivity index (χ2n) is 1.95. The number of rotatable bonds is 4. The summed E-state index contributed by atoms with van der Waals surface area (Å²) >= 11 is 0. The van der Waals surface area contributed by atoms with E-state index in [4.69, 9.17) is 10.2 Å². The van der Waals surface area contributed by atoms with E-state index in [1.165, 1.54) is 7.11 Å². The van der Waals surface area contributed by atoms with Crippen LogP contribution in [-0.2, 0) is 9.53 Å². The zero-order valence-electron chi connectivity index (χ0n) is 5.91. The van der Waals surface area contributed by atoms with Gasteiger partial charge < -0.3 is 14.9 Å². The molecule has 0 spiro atoms. The van der Waals surface area contributed by atoms with E-state index in [1.54, 1.807) is 0 Å². The van der Waals surface area contributed by atoms with Crippen LogP contribution in [0.1, 0.15) is 12.8 Å². The summed E-state index contributed by atoms with van der Waals surface area (Å²) in [5, 5.41) is 17.1. The highest BCUT2D eigenvalue weighted by Crippen LogP contribution is 1.96. The van der Waals surface area contributed by atoms with E-state index in [2.05, 4.69) is 4.74 Å². The molecular formula is C6H12O4. The SMILES string of the molecule is COC(=O)CC[C@@H](O)CO. The van der Waals surface area contributed by atoms with Gasteiger partial charge >= 0.3 is 5.97 Å². The van der Waals surface area contributed by atoms with E-state index < -0.39 is 6.10 Å². The molecule has 0 aliphatic carbocycles. The fourth-order valence-electron chi connectivity index (χ4n) is 0.478. The standard InChI is InChI=1S/C6H12O4/c1-10-6(9)3-2-5(8)4-7/h5,7-8H,2-4H2,1H3/t5-/m1/s1. The first-order chi connectivity index (χ1) is 4.70. The van der Waals surface area contributed by atoms with Crippen LogP contribution in [0.5, 0.6) is 0 Å². The summed E-state index contributed by atoms with van der Waals surface area (Å²) in [6.07, 6.45) is -0.402. The summed E-state index contributed by atoms with van der Waals surface area (Å²) in [4.78, 5) is 10.4. The Morgan fingerprint density at radius 1 is 1.70 bits per heavy atom. The number of aliphatic hydroxyl groups excluding tert-OH is 2.